The van der Waals surface area contributed by atoms with Crippen LogP contribution in [-0.2, 0) is 11.3 Å². The number of aliphatic hydroxyl groups is 1. The van der Waals surface area contributed by atoms with Crippen LogP contribution >= 0.6 is 0 Å². The number of carbonyl (C=O) groups excluding carboxylic acids is 1. The lowest BCUT2D eigenvalue weighted by Crippen LogP contribution is -2.33. The van der Waals surface area contributed by atoms with E-state index in [1.54, 1.807) is 12.1 Å². The Labute approximate surface area is 93.0 Å². The quantitative estimate of drug-likeness (QED) is 0.694. The standard InChI is InChI=1S/C11H14FNO3/c1-16-10-3-2-8(11(12)4-10)5-13-9(6-14)7-15/h2-4,6,9,13,15H,5,7H2,1H3. The van der Waals surface area contributed by atoms with Gasteiger partial charge < -0.3 is 20.0 Å². The van der Waals surface area contributed by atoms with Gasteiger partial charge in [0, 0.05) is 18.2 Å². The lowest BCUT2D eigenvalue weighted by molar-refractivity contribution is -0.110. The average Bonchev–Trinajstić information content (AvgIpc) is 2.32. The maximum Gasteiger partial charge on any atom is 0.139 e. The Hall–Kier alpha value is -1.46. The summed E-state index contributed by atoms with van der Waals surface area (Å²) >= 11 is 0. The maximum atomic E-state index is 13.4. The third-order valence-corrected chi connectivity index (χ3v) is 2.18. The van der Waals surface area contributed by atoms with Gasteiger partial charge in [0.15, 0.2) is 0 Å². The molecule has 1 aromatic rings. The van der Waals surface area contributed by atoms with Crippen molar-refractivity contribution in [3.05, 3.63) is 29.6 Å². The molecule has 0 saturated heterocycles. The van der Waals surface area contributed by atoms with Crippen molar-refractivity contribution in [1.82, 2.24) is 5.32 Å². The van der Waals surface area contributed by atoms with Crippen LogP contribution in [0.4, 0.5) is 4.39 Å². The van der Waals surface area contributed by atoms with Crippen LogP contribution in [0.2, 0.25) is 0 Å². The van der Waals surface area contributed by atoms with Crippen LogP contribution in [0.5, 0.6) is 5.75 Å². The zero-order valence-corrected chi connectivity index (χ0v) is 8.94. The van der Waals surface area contributed by atoms with Crippen LogP contribution in [0, 0.1) is 5.82 Å². The fourth-order valence-electron chi connectivity index (χ4n) is 1.20. The first-order chi connectivity index (χ1) is 7.71. The van der Waals surface area contributed by atoms with Gasteiger partial charge in [-0.2, -0.15) is 0 Å². The first-order valence-electron chi connectivity index (χ1n) is 4.83. The predicted molar refractivity (Wildman–Crippen MR) is 56.7 cm³/mol. The van der Waals surface area contributed by atoms with Crippen molar-refractivity contribution in [1.29, 1.82) is 0 Å². The van der Waals surface area contributed by atoms with Gasteiger partial charge in [0.25, 0.3) is 0 Å². The van der Waals surface area contributed by atoms with Gasteiger partial charge >= 0.3 is 0 Å². The highest BCUT2D eigenvalue weighted by Gasteiger charge is 2.07. The minimum absolute atomic E-state index is 0.180. The van der Waals surface area contributed by atoms with Gasteiger partial charge in [0.2, 0.25) is 0 Å². The van der Waals surface area contributed by atoms with Crippen LogP contribution in [0.25, 0.3) is 0 Å². The lowest BCUT2D eigenvalue weighted by Gasteiger charge is -2.10. The molecule has 0 fully saturated rings. The molecule has 0 heterocycles. The minimum atomic E-state index is -0.665. The number of benzene rings is 1. The number of carbonyl (C=O) groups is 1. The summed E-state index contributed by atoms with van der Waals surface area (Å²) in [5.74, 6) is 0.0322. The van der Waals surface area contributed by atoms with Crippen LogP contribution in [0.1, 0.15) is 5.56 Å². The molecule has 0 aliphatic carbocycles. The molecular formula is C11H14FNO3. The third kappa shape index (κ3) is 3.29. The van der Waals surface area contributed by atoms with E-state index in [1.165, 1.54) is 13.2 Å². The average molecular weight is 227 g/mol. The number of hydrogen-bond acceptors (Lipinski definition) is 4. The molecule has 88 valence electrons. The number of methoxy groups -OCH3 is 1. The number of hydrogen-bond donors (Lipinski definition) is 2. The van der Waals surface area contributed by atoms with E-state index in [0.29, 0.717) is 17.6 Å². The van der Waals surface area contributed by atoms with Crippen molar-refractivity contribution >= 4 is 6.29 Å². The maximum absolute atomic E-state index is 13.4. The van der Waals surface area contributed by atoms with Crippen molar-refractivity contribution in [2.75, 3.05) is 13.7 Å². The van der Waals surface area contributed by atoms with E-state index < -0.39 is 11.9 Å². The van der Waals surface area contributed by atoms with Crippen LogP contribution < -0.4 is 10.1 Å². The van der Waals surface area contributed by atoms with Gasteiger partial charge in [-0.15, -0.1) is 0 Å². The van der Waals surface area contributed by atoms with Gasteiger partial charge in [0.05, 0.1) is 19.8 Å². The van der Waals surface area contributed by atoms with E-state index in [1.807, 2.05) is 0 Å². The molecule has 1 rings (SSSR count). The van der Waals surface area contributed by atoms with Crippen LogP contribution in [-0.4, -0.2) is 31.2 Å². The van der Waals surface area contributed by atoms with E-state index in [9.17, 15) is 9.18 Å². The highest BCUT2D eigenvalue weighted by atomic mass is 19.1. The van der Waals surface area contributed by atoms with Gasteiger partial charge in [0.1, 0.15) is 17.9 Å². The number of nitrogens with one attached hydrogen (secondary N) is 1. The molecule has 1 atom stereocenters. The number of rotatable bonds is 6. The summed E-state index contributed by atoms with van der Waals surface area (Å²) in [7, 11) is 1.46. The normalized spacial score (nSPS) is 12.2. The Kier molecular flexibility index (Phi) is 4.88. The molecule has 0 aromatic heterocycles. The number of aldehydes is 1. The van der Waals surface area contributed by atoms with Gasteiger partial charge in [-0.05, 0) is 6.07 Å². The molecule has 0 saturated carbocycles. The molecule has 5 heteroatoms. The molecule has 1 aromatic carbocycles. The van der Waals surface area contributed by atoms with E-state index >= 15 is 0 Å². The highest BCUT2D eigenvalue weighted by molar-refractivity contribution is 5.57. The molecule has 0 amide bonds. The Morgan fingerprint density at radius 2 is 2.38 bits per heavy atom. The van der Waals surface area contributed by atoms with Crippen molar-refractivity contribution in [2.45, 2.75) is 12.6 Å². The Bertz CT molecular complexity index is 357. The molecule has 1 unspecified atom stereocenters. The monoisotopic (exact) mass is 227 g/mol. The van der Waals surface area contributed by atoms with Crippen LogP contribution in [0.15, 0.2) is 18.2 Å². The van der Waals surface area contributed by atoms with Crippen molar-refractivity contribution in [3.8, 4) is 5.75 Å². The number of ether oxygens (including phenoxy) is 1. The van der Waals surface area contributed by atoms with Gasteiger partial charge in [-0.3, -0.25) is 0 Å². The summed E-state index contributed by atoms with van der Waals surface area (Å²) in [6.07, 6.45) is 0.585. The highest BCUT2D eigenvalue weighted by Crippen LogP contribution is 2.15. The molecule has 4 nitrogen and oxygen atoms in total. The van der Waals surface area contributed by atoms with E-state index in [4.69, 9.17) is 9.84 Å². The summed E-state index contributed by atoms with van der Waals surface area (Å²) in [5.41, 5.74) is 0.418. The van der Waals surface area contributed by atoms with Crippen LogP contribution in [0.3, 0.4) is 0 Å². The first-order valence-corrected chi connectivity index (χ1v) is 4.83. The predicted octanol–water partition coefficient (Wildman–Crippen LogP) is 0.484. The zero-order valence-electron chi connectivity index (χ0n) is 8.94. The Morgan fingerprint density at radius 3 is 2.88 bits per heavy atom. The topological polar surface area (TPSA) is 58.6 Å². The fraction of sp³-hybridized carbons (Fsp3) is 0.364. The molecule has 0 aliphatic heterocycles. The third-order valence-electron chi connectivity index (χ3n) is 2.18. The molecule has 0 aliphatic rings. The van der Waals surface area contributed by atoms with Gasteiger partial charge in [-0.1, -0.05) is 6.07 Å². The summed E-state index contributed by atoms with van der Waals surface area (Å²) in [4.78, 5) is 10.4. The summed E-state index contributed by atoms with van der Waals surface area (Å²) < 4.78 is 18.3. The largest absolute Gasteiger partial charge is 0.497 e. The smallest absolute Gasteiger partial charge is 0.139 e. The lowest BCUT2D eigenvalue weighted by atomic mass is 10.2. The van der Waals surface area contributed by atoms with Crippen molar-refractivity contribution in [3.63, 3.8) is 0 Å². The number of aliphatic hydroxyl groups excluding tert-OH is 1. The second-order valence-electron chi connectivity index (χ2n) is 3.26. The Morgan fingerprint density at radius 1 is 1.62 bits per heavy atom. The SMILES string of the molecule is COc1ccc(CNC(C=O)CO)c(F)c1. The van der Waals surface area contributed by atoms with Gasteiger partial charge in [-0.25, -0.2) is 4.39 Å². The number of halogens is 1. The molecule has 0 radical (unpaired) electrons. The van der Waals surface area contributed by atoms with E-state index in [2.05, 4.69) is 5.32 Å². The molecule has 0 bridgehead atoms. The Balaban J connectivity index is 2.63. The van der Waals surface area contributed by atoms with Crippen molar-refractivity contribution < 1.29 is 19.0 Å². The molecular weight excluding hydrogens is 213 g/mol. The van der Waals surface area contributed by atoms with E-state index in [0.717, 1.165) is 0 Å². The summed E-state index contributed by atoms with van der Waals surface area (Å²) in [6.45, 7) is -0.124. The van der Waals surface area contributed by atoms with E-state index in [-0.39, 0.29) is 13.2 Å². The molecule has 2 N–H and O–H groups in total. The second kappa shape index (κ2) is 6.19. The molecule has 0 spiro atoms. The second-order valence-corrected chi connectivity index (χ2v) is 3.26. The molecule has 16 heavy (non-hydrogen) atoms. The van der Waals surface area contributed by atoms with Crippen molar-refractivity contribution in [2.24, 2.45) is 0 Å². The fourth-order valence-corrected chi connectivity index (χ4v) is 1.20. The first kappa shape index (κ1) is 12.6. The summed E-state index contributed by atoms with van der Waals surface area (Å²) in [5, 5.41) is 11.5. The summed E-state index contributed by atoms with van der Waals surface area (Å²) in [6, 6.07) is 3.81. The minimum Gasteiger partial charge on any atom is -0.497 e. The zero-order chi connectivity index (χ0) is 12.0.